The SMILES string of the molecule is CCCCC(CC)COC(=O)/C=C/c1ccc(OCCCCCOc2ccc(/C=C/C(=O)OCC(CC)CCCC)cc2)cc1. The first-order valence-corrected chi connectivity index (χ1v) is 17.1. The lowest BCUT2D eigenvalue weighted by molar-refractivity contribution is -0.140. The molecule has 0 spiro atoms. The van der Waals surface area contributed by atoms with Crippen LogP contribution in [0.2, 0.25) is 0 Å². The Morgan fingerprint density at radius 3 is 1.33 bits per heavy atom. The molecule has 6 nitrogen and oxygen atoms in total. The maximum Gasteiger partial charge on any atom is 0.330 e. The van der Waals surface area contributed by atoms with E-state index in [4.69, 9.17) is 18.9 Å². The molecule has 2 unspecified atom stereocenters. The topological polar surface area (TPSA) is 71.1 Å². The van der Waals surface area contributed by atoms with E-state index in [-0.39, 0.29) is 11.9 Å². The highest BCUT2D eigenvalue weighted by molar-refractivity contribution is 5.87. The van der Waals surface area contributed by atoms with Gasteiger partial charge < -0.3 is 18.9 Å². The van der Waals surface area contributed by atoms with Crippen molar-refractivity contribution in [3.8, 4) is 11.5 Å². The Hall–Kier alpha value is -3.54. The van der Waals surface area contributed by atoms with Crippen LogP contribution in [0.5, 0.6) is 11.5 Å². The minimum atomic E-state index is -0.296. The third kappa shape index (κ3) is 17.5. The van der Waals surface area contributed by atoms with Gasteiger partial charge >= 0.3 is 11.9 Å². The van der Waals surface area contributed by atoms with Gasteiger partial charge in [-0.05, 0) is 91.5 Å². The van der Waals surface area contributed by atoms with Crippen LogP contribution in [0.15, 0.2) is 60.7 Å². The summed E-state index contributed by atoms with van der Waals surface area (Å²) in [5, 5.41) is 0. The minimum absolute atomic E-state index is 0.296. The highest BCUT2D eigenvalue weighted by Gasteiger charge is 2.09. The molecule has 0 N–H and O–H groups in total. The quantitative estimate of drug-likeness (QED) is 0.0661. The number of unbranched alkanes of at least 4 members (excludes halogenated alkanes) is 4. The van der Waals surface area contributed by atoms with Gasteiger partial charge in [0.1, 0.15) is 11.5 Å². The first-order valence-electron chi connectivity index (χ1n) is 17.1. The molecule has 0 aliphatic carbocycles. The van der Waals surface area contributed by atoms with E-state index in [2.05, 4.69) is 27.7 Å². The minimum Gasteiger partial charge on any atom is -0.494 e. The number of hydrogen-bond donors (Lipinski definition) is 0. The summed E-state index contributed by atoms with van der Waals surface area (Å²) < 4.78 is 22.6. The Labute approximate surface area is 272 Å². The van der Waals surface area contributed by atoms with Crippen LogP contribution in [-0.2, 0) is 19.1 Å². The maximum atomic E-state index is 12.1. The molecule has 0 saturated heterocycles. The van der Waals surface area contributed by atoms with Gasteiger partial charge in [0.2, 0.25) is 0 Å². The van der Waals surface area contributed by atoms with Crippen LogP contribution in [0, 0.1) is 11.8 Å². The molecule has 45 heavy (non-hydrogen) atoms. The van der Waals surface area contributed by atoms with E-state index in [1.165, 1.54) is 25.0 Å². The van der Waals surface area contributed by atoms with Crippen LogP contribution in [-0.4, -0.2) is 38.4 Å². The van der Waals surface area contributed by atoms with Gasteiger partial charge in [0, 0.05) is 12.2 Å². The van der Waals surface area contributed by atoms with Gasteiger partial charge in [-0.25, -0.2) is 9.59 Å². The second-order valence-corrected chi connectivity index (χ2v) is 11.7. The standard InChI is InChI=1S/C39H56O6/c1-5-9-14-32(7-3)30-44-38(40)26-20-34-16-22-36(23-17-34)42-28-12-11-13-29-43-37-24-18-35(19-25-37)21-27-39(41)45-31-33(8-4)15-10-6-2/h16-27,32-33H,5-15,28-31H2,1-4H3/b26-20+,27-21+. The van der Waals surface area contributed by atoms with E-state index in [1.54, 1.807) is 12.2 Å². The molecule has 6 heteroatoms. The first-order chi connectivity index (χ1) is 22.0. The van der Waals surface area contributed by atoms with Crippen LogP contribution in [0.25, 0.3) is 12.2 Å². The van der Waals surface area contributed by atoms with Gasteiger partial charge in [-0.1, -0.05) is 90.5 Å². The lowest BCUT2D eigenvalue weighted by atomic mass is 10.0. The van der Waals surface area contributed by atoms with Gasteiger partial charge in [0.25, 0.3) is 0 Å². The van der Waals surface area contributed by atoms with Crippen molar-refractivity contribution in [2.45, 2.75) is 98.3 Å². The molecule has 0 bridgehead atoms. The first kappa shape index (κ1) is 37.6. The van der Waals surface area contributed by atoms with Gasteiger partial charge in [-0.3, -0.25) is 0 Å². The highest BCUT2D eigenvalue weighted by Crippen LogP contribution is 2.17. The Balaban J connectivity index is 1.57. The van der Waals surface area contributed by atoms with Crippen molar-refractivity contribution in [3.05, 3.63) is 71.8 Å². The summed E-state index contributed by atoms with van der Waals surface area (Å²) in [4.78, 5) is 24.1. The van der Waals surface area contributed by atoms with Crippen molar-refractivity contribution >= 4 is 24.1 Å². The molecule has 0 radical (unpaired) electrons. The van der Waals surface area contributed by atoms with Crippen molar-refractivity contribution in [3.63, 3.8) is 0 Å². The molecule has 2 aromatic carbocycles. The van der Waals surface area contributed by atoms with E-state index < -0.39 is 0 Å². The molecule has 248 valence electrons. The van der Waals surface area contributed by atoms with E-state index >= 15 is 0 Å². The molecule has 2 rings (SSSR count). The molecule has 0 aliphatic rings. The maximum absolute atomic E-state index is 12.1. The predicted molar refractivity (Wildman–Crippen MR) is 184 cm³/mol. The van der Waals surface area contributed by atoms with E-state index in [0.29, 0.717) is 38.3 Å². The van der Waals surface area contributed by atoms with Crippen molar-refractivity contribution in [1.82, 2.24) is 0 Å². The van der Waals surface area contributed by atoms with E-state index in [9.17, 15) is 9.59 Å². The van der Waals surface area contributed by atoms with Crippen LogP contribution < -0.4 is 9.47 Å². The molecule has 0 heterocycles. The summed E-state index contributed by atoms with van der Waals surface area (Å²) in [5.41, 5.74) is 1.86. The van der Waals surface area contributed by atoms with Crippen molar-refractivity contribution in [2.75, 3.05) is 26.4 Å². The zero-order valence-corrected chi connectivity index (χ0v) is 28.1. The fraction of sp³-hybridized carbons (Fsp3) is 0.538. The van der Waals surface area contributed by atoms with Crippen molar-refractivity contribution in [2.24, 2.45) is 11.8 Å². The largest absolute Gasteiger partial charge is 0.494 e. The summed E-state index contributed by atoms with van der Waals surface area (Å²) in [6, 6.07) is 15.4. The third-order valence-corrected chi connectivity index (χ3v) is 7.92. The smallest absolute Gasteiger partial charge is 0.330 e. The Kier molecular flexibility index (Phi) is 19.9. The Morgan fingerprint density at radius 1 is 0.578 bits per heavy atom. The highest BCUT2D eigenvalue weighted by atomic mass is 16.5. The predicted octanol–water partition coefficient (Wildman–Crippen LogP) is 9.86. The monoisotopic (exact) mass is 620 g/mol. The molecular formula is C39H56O6. The van der Waals surface area contributed by atoms with E-state index in [1.807, 2.05) is 48.5 Å². The van der Waals surface area contributed by atoms with Crippen LogP contribution in [0.1, 0.15) is 109 Å². The van der Waals surface area contributed by atoms with Gasteiger partial charge in [0.15, 0.2) is 0 Å². The summed E-state index contributed by atoms with van der Waals surface area (Å²) in [6.45, 7) is 10.9. The lowest BCUT2D eigenvalue weighted by Gasteiger charge is -2.13. The van der Waals surface area contributed by atoms with Crippen LogP contribution >= 0.6 is 0 Å². The number of esters is 2. The molecule has 2 atom stereocenters. The summed E-state index contributed by atoms with van der Waals surface area (Å²) >= 11 is 0. The Bertz CT molecular complexity index is 1030. The number of benzene rings is 2. The van der Waals surface area contributed by atoms with Gasteiger partial charge in [0.05, 0.1) is 26.4 Å². The number of rotatable bonds is 24. The van der Waals surface area contributed by atoms with Crippen molar-refractivity contribution in [1.29, 1.82) is 0 Å². The van der Waals surface area contributed by atoms with Crippen molar-refractivity contribution < 1.29 is 28.5 Å². The Morgan fingerprint density at radius 2 is 0.978 bits per heavy atom. The van der Waals surface area contributed by atoms with Crippen LogP contribution in [0.3, 0.4) is 0 Å². The average Bonchev–Trinajstić information content (AvgIpc) is 3.07. The normalized spacial score (nSPS) is 12.7. The third-order valence-electron chi connectivity index (χ3n) is 7.92. The number of carbonyl (C=O) groups is 2. The fourth-order valence-electron chi connectivity index (χ4n) is 4.73. The summed E-state index contributed by atoms with van der Waals surface area (Å²) in [6.07, 6.45) is 18.3. The number of ether oxygens (including phenoxy) is 4. The number of carbonyl (C=O) groups excluding carboxylic acids is 2. The van der Waals surface area contributed by atoms with Crippen LogP contribution in [0.4, 0.5) is 0 Å². The molecule has 0 fully saturated rings. The average molecular weight is 621 g/mol. The molecule has 0 aliphatic heterocycles. The number of hydrogen-bond acceptors (Lipinski definition) is 6. The fourth-order valence-corrected chi connectivity index (χ4v) is 4.73. The van der Waals surface area contributed by atoms with Gasteiger partial charge in [-0.15, -0.1) is 0 Å². The lowest BCUT2D eigenvalue weighted by Crippen LogP contribution is -2.12. The molecule has 0 aromatic heterocycles. The zero-order chi connectivity index (χ0) is 32.5. The molecular weight excluding hydrogens is 564 g/mol. The second-order valence-electron chi connectivity index (χ2n) is 11.7. The van der Waals surface area contributed by atoms with Gasteiger partial charge in [-0.2, -0.15) is 0 Å². The zero-order valence-electron chi connectivity index (χ0n) is 28.1. The molecule has 0 amide bonds. The molecule has 2 aromatic rings. The molecule has 0 saturated carbocycles. The summed E-state index contributed by atoms with van der Waals surface area (Å²) in [5.74, 6) is 1.92. The second kappa shape index (κ2) is 23.8. The van der Waals surface area contributed by atoms with E-state index in [0.717, 1.165) is 80.4 Å². The summed E-state index contributed by atoms with van der Waals surface area (Å²) in [7, 11) is 0.